The maximum atomic E-state index is 9.46. The minimum atomic E-state index is -0.0490. The van der Waals surface area contributed by atoms with E-state index in [1.54, 1.807) is 11.3 Å². The molecular weight excluding hydrogens is 268 g/mol. The molecule has 2 N–H and O–H groups in total. The van der Waals surface area contributed by atoms with Gasteiger partial charge in [-0.2, -0.15) is 11.3 Å². The van der Waals surface area contributed by atoms with Crippen molar-refractivity contribution in [2.45, 2.75) is 6.61 Å². The van der Waals surface area contributed by atoms with Gasteiger partial charge in [-0.05, 0) is 23.6 Å². The van der Waals surface area contributed by atoms with Crippen LogP contribution < -0.4 is 0 Å². The van der Waals surface area contributed by atoms with Crippen molar-refractivity contribution in [3.63, 3.8) is 0 Å². The molecule has 4 heteroatoms. The largest absolute Gasteiger partial charge is 0.390 e. The van der Waals surface area contributed by atoms with Crippen LogP contribution in [0.15, 0.2) is 47.2 Å². The summed E-state index contributed by atoms with van der Waals surface area (Å²) in [4.78, 5) is 8.03. The number of fused-ring (bicyclic) bond motifs is 3. The third-order valence-corrected chi connectivity index (χ3v) is 4.19. The summed E-state index contributed by atoms with van der Waals surface area (Å²) >= 11 is 1.65. The SMILES string of the molecule is OCc1cc2c([nH]c3ccccc32)c(-c2ccsc2)n1. The predicted molar refractivity (Wildman–Crippen MR) is 82.8 cm³/mol. The first kappa shape index (κ1) is 11.6. The molecule has 0 aliphatic heterocycles. The van der Waals surface area contributed by atoms with Crippen LogP contribution in [0.2, 0.25) is 0 Å². The van der Waals surface area contributed by atoms with Crippen LogP contribution in [0.5, 0.6) is 0 Å². The van der Waals surface area contributed by atoms with Crippen LogP contribution in [-0.4, -0.2) is 15.1 Å². The number of nitrogens with one attached hydrogen (secondary N) is 1. The lowest BCUT2D eigenvalue weighted by molar-refractivity contribution is 0.277. The molecule has 3 heterocycles. The quantitative estimate of drug-likeness (QED) is 0.584. The fourth-order valence-corrected chi connectivity index (χ4v) is 3.23. The lowest BCUT2D eigenvalue weighted by Crippen LogP contribution is -1.92. The second-order valence-corrected chi connectivity index (χ2v) is 5.51. The molecule has 4 rings (SSSR count). The van der Waals surface area contributed by atoms with Crippen molar-refractivity contribution in [1.82, 2.24) is 9.97 Å². The molecule has 98 valence electrons. The summed E-state index contributed by atoms with van der Waals surface area (Å²) in [6.07, 6.45) is 0. The minimum Gasteiger partial charge on any atom is -0.390 e. The number of rotatable bonds is 2. The van der Waals surface area contributed by atoms with E-state index in [-0.39, 0.29) is 6.61 Å². The Bertz CT molecular complexity index is 894. The van der Waals surface area contributed by atoms with Gasteiger partial charge in [-0.15, -0.1) is 0 Å². The molecule has 0 radical (unpaired) electrons. The van der Waals surface area contributed by atoms with E-state index in [9.17, 15) is 5.11 Å². The summed E-state index contributed by atoms with van der Waals surface area (Å²) in [6, 6.07) is 12.2. The van der Waals surface area contributed by atoms with Gasteiger partial charge in [0, 0.05) is 27.2 Å². The third kappa shape index (κ3) is 1.66. The van der Waals surface area contributed by atoms with Gasteiger partial charge in [0.2, 0.25) is 0 Å². The zero-order chi connectivity index (χ0) is 13.5. The molecule has 3 aromatic heterocycles. The lowest BCUT2D eigenvalue weighted by atomic mass is 10.1. The normalized spacial score (nSPS) is 11.4. The zero-order valence-electron chi connectivity index (χ0n) is 10.6. The number of aromatic amines is 1. The molecule has 0 fully saturated rings. The molecule has 3 nitrogen and oxygen atoms in total. The molecule has 0 spiro atoms. The molecule has 1 aromatic carbocycles. The van der Waals surface area contributed by atoms with Crippen LogP contribution in [0.1, 0.15) is 5.69 Å². The van der Waals surface area contributed by atoms with E-state index in [2.05, 4.69) is 33.5 Å². The monoisotopic (exact) mass is 280 g/mol. The van der Waals surface area contributed by atoms with E-state index in [0.717, 1.165) is 33.1 Å². The maximum Gasteiger partial charge on any atom is 0.0955 e. The molecule has 0 saturated heterocycles. The summed E-state index contributed by atoms with van der Waals surface area (Å²) in [6.45, 7) is -0.0490. The molecule has 0 bridgehead atoms. The molecule has 0 amide bonds. The van der Waals surface area contributed by atoms with E-state index in [0.29, 0.717) is 5.69 Å². The number of benzene rings is 1. The standard InChI is InChI=1S/C16H12N2OS/c19-8-11-7-13-12-3-1-2-4-14(12)18-16(13)15(17-11)10-5-6-20-9-10/h1-7,9,18-19H,8H2. The average Bonchev–Trinajstić information content (AvgIpc) is 3.13. The Kier molecular flexibility index (Phi) is 2.58. The van der Waals surface area contributed by atoms with Gasteiger partial charge in [0.15, 0.2) is 0 Å². The van der Waals surface area contributed by atoms with Gasteiger partial charge >= 0.3 is 0 Å². The van der Waals surface area contributed by atoms with Crippen LogP contribution in [0, 0.1) is 0 Å². The number of hydrogen-bond donors (Lipinski definition) is 2. The predicted octanol–water partition coefficient (Wildman–Crippen LogP) is 3.94. The number of hydrogen-bond acceptors (Lipinski definition) is 3. The van der Waals surface area contributed by atoms with E-state index in [4.69, 9.17) is 0 Å². The summed E-state index contributed by atoms with van der Waals surface area (Å²) in [5, 5.41) is 15.9. The fraction of sp³-hybridized carbons (Fsp3) is 0.0625. The first-order valence-electron chi connectivity index (χ1n) is 6.40. The van der Waals surface area contributed by atoms with Crippen molar-refractivity contribution in [3.8, 4) is 11.3 Å². The smallest absolute Gasteiger partial charge is 0.0955 e. The number of thiophene rings is 1. The Hall–Kier alpha value is -2.17. The molecule has 4 aromatic rings. The number of pyridine rings is 1. The number of aliphatic hydroxyl groups is 1. The molecule has 0 unspecified atom stereocenters. The average molecular weight is 280 g/mol. The Morgan fingerprint density at radius 3 is 2.85 bits per heavy atom. The van der Waals surface area contributed by atoms with Crippen molar-refractivity contribution in [2.24, 2.45) is 0 Å². The van der Waals surface area contributed by atoms with Gasteiger partial charge in [-0.25, -0.2) is 4.98 Å². The second kappa shape index (κ2) is 4.44. The first-order chi connectivity index (χ1) is 9.86. The van der Waals surface area contributed by atoms with E-state index >= 15 is 0 Å². The van der Waals surface area contributed by atoms with Crippen LogP contribution in [-0.2, 0) is 6.61 Å². The van der Waals surface area contributed by atoms with Crippen LogP contribution in [0.25, 0.3) is 33.1 Å². The van der Waals surface area contributed by atoms with Gasteiger partial charge in [0.05, 0.1) is 23.5 Å². The first-order valence-corrected chi connectivity index (χ1v) is 7.35. The minimum absolute atomic E-state index is 0.0490. The maximum absolute atomic E-state index is 9.46. The molecule has 20 heavy (non-hydrogen) atoms. The highest BCUT2D eigenvalue weighted by Gasteiger charge is 2.13. The highest BCUT2D eigenvalue weighted by molar-refractivity contribution is 7.08. The lowest BCUT2D eigenvalue weighted by Gasteiger charge is -2.03. The van der Waals surface area contributed by atoms with Crippen LogP contribution in [0.3, 0.4) is 0 Å². The van der Waals surface area contributed by atoms with E-state index in [1.165, 1.54) is 0 Å². The second-order valence-electron chi connectivity index (χ2n) is 4.73. The van der Waals surface area contributed by atoms with Crippen LogP contribution in [0.4, 0.5) is 0 Å². The van der Waals surface area contributed by atoms with Crippen molar-refractivity contribution >= 4 is 33.1 Å². The Balaban J connectivity index is 2.16. The number of aromatic nitrogens is 2. The Morgan fingerprint density at radius 2 is 2.05 bits per heavy atom. The van der Waals surface area contributed by atoms with Crippen molar-refractivity contribution in [2.75, 3.05) is 0 Å². The highest BCUT2D eigenvalue weighted by Crippen LogP contribution is 2.33. The topological polar surface area (TPSA) is 48.9 Å². The zero-order valence-corrected chi connectivity index (χ0v) is 11.4. The molecule has 0 saturated carbocycles. The Morgan fingerprint density at radius 1 is 1.15 bits per heavy atom. The fourth-order valence-electron chi connectivity index (χ4n) is 2.59. The van der Waals surface area contributed by atoms with Gasteiger partial charge < -0.3 is 10.1 Å². The van der Waals surface area contributed by atoms with Crippen molar-refractivity contribution in [1.29, 1.82) is 0 Å². The number of para-hydroxylation sites is 1. The summed E-state index contributed by atoms with van der Waals surface area (Å²) in [5.74, 6) is 0. The third-order valence-electron chi connectivity index (χ3n) is 3.51. The van der Waals surface area contributed by atoms with Gasteiger partial charge in [0.25, 0.3) is 0 Å². The van der Waals surface area contributed by atoms with E-state index < -0.39 is 0 Å². The van der Waals surface area contributed by atoms with Crippen LogP contribution >= 0.6 is 11.3 Å². The van der Waals surface area contributed by atoms with Gasteiger partial charge in [-0.3, -0.25) is 0 Å². The number of nitrogens with zero attached hydrogens (tertiary/aromatic N) is 1. The van der Waals surface area contributed by atoms with Gasteiger partial charge in [-0.1, -0.05) is 18.2 Å². The van der Waals surface area contributed by atoms with Crippen molar-refractivity contribution < 1.29 is 5.11 Å². The van der Waals surface area contributed by atoms with Gasteiger partial charge in [0.1, 0.15) is 0 Å². The number of H-pyrrole nitrogens is 1. The summed E-state index contributed by atoms with van der Waals surface area (Å²) < 4.78 is 0. The molecule has 0 aliphatic carbocycles. The Labute approximate surface area is 119 Å². The molecular formula is C16H12N2OS. The summed E-state index contributed by atoms with van der Waals surface area (Å²) in [5.41, 5.74) is 4.81. The molecule has 0 atom stereocenters. The summed E-state index contributed by atoms with van der Waals surface area (Å²) in [7, 11) is 0. The van der Waals surface area contributed by atoms with E-state index in [1.807, 2.05) is 23.6 Å². The highest BCUT2D eigenvalue weighted by atomic mass is 32.1. The van der Waals surface area contributed by atoms with Crippen molar-refractivity contribution in [3.05, 3.63) is 52.9 Å². The molecule has 0 aliphatic rings. The number of aliphatic hydroxyl groups excluding tert-OH is 1.